The molecule has 9 rings (SSSR count). The van der Waals surface area contributed by atoms with Crippen molar-refractivity contribution in [2.24, 2.45) is 0 Å². The van der Waals surface area contributed by atoms with E-state index in [2.05, 4.69) is 15.0 Å². The molecule has 0 aliphatic rings. The molecule has 0 spiro atoms. The van der Waals surface area contributed by atoms with Gasteiger partial charge in [-0.05, 0) is 130 Å². The summed E-state index contributed by atoms with van der Waals surface area (Å²) in [5, 5.41) is 124. The molecule has 0 amide bonds. The van der Waals surface area contributed by atoms with Crippen molar-refractivity contribution in [3.63, 3.8) is 0 Å². The lowest BCUT2D eigenvalue weighted by Crippen LogP contribution is -2.44. The summed E-state index contributed by atoms with van der Waals surface area (Å²) in [6, 6.07) is 27.4. The number of para-hydroxylation sites is 1. The number of methoxy groups -OCH3 is 4. The van der Waals surface area contributed by atoms with Gasteiger partial charge in [-0.15, -0.1) is 12.6 Å². The molecule has 0 saturated heterocycles. The number of rotatable bonds is 46. The summed E-state index contributed by atoms with van der Waals surface area (Å²) in [5.74, 6) is -12.8. The van der Waals surface area contributed by atoms with Crippen LogP contribution in [-0.4, -0.2) is 334 Å². The van der Waals surface area contributed by atoms with Gasteiger partial charge in [-0.1, -0.05) is 36.4 Å². The van der Waals surface area contributed by atoms with Crippen LogP contribution in [0.15, 0.2) is 191 Å². The van der Waals surface area contributed by atoms with Crippen LogP contribution in [0.3, 0.4) is 0 Å². The van der Waals surface area contributed by atoms with Crippen LogP contribution in [0.25, 0.3) is 0 Å². The van der Waals surface area contributed by atoms with Crippen LogP contribution in [0, 0.1) is 0 Å². The molecule has 3 aromatic heterocycles. The molecule has 6 unspecified atom stereocenters. The highest BCUT2D eigenvalue weighted by Crippen LogP contribution is 2.44. The van der Waals surface area contributed by atoms with E-state index < -0.39 is 213 Å². The van der Waals surface area contributed by atoms with Crippen molar-refractivity contribution in [2.45, 2.75) is 71.7 Å². The maximum atomic E-state index is 12.7. The van der Waals surface area contributed by atoms with Gasteiger partial charge in [0.05, 0.1) is 108 Å². The average Bonchev–Trinajstić information content (AvgIpc) is 0.774. The Kier molecular flexibility index (Phi) is 45.9. The van der Waals surface area contributed by atoms with Gasteiger partial charge in [0.25, 0.3) is 30.4 Å². The summed E-state index contributed by atoms with van der Waals surface area (Å²) in [5.41, 5.74) is 0.247. The van der Waals surface area contributed by atoms with Gasteiger partial charge in [-0.25, -0.2) is 0 Å². The number of carbonyl (C=O) groups is 9. The van der Waals surface area contributed by atoms with Gasteiger partial charge in [0.2, 0.25) is 0 Å². The number of ketones is 3. The van der Waals surface area contributed by atoms with Gasteiger partial charge < -0.3 is 96.7 Å². The Balaban J connectivity index is 0.000000519. The Hall–Kier alpha value is -14.4. The van der Waals surface area contributed by atoms with Crippen molar-refractivity contribution in [1.82, 2.24) is 44.4 Å². The molecule has 0 bridgehead atoms. The number of ether oxygens (including phenoxy) is 4. The summed E-state index contributed by atoms with van der Waals surface area (Å²) in [4.78, 5) is 128. The quantitative estimate of drug-likeness (QED) is 0.0243. The molecule has 6 atom stereocenters. The number of benzene rings is 6. The summed E-state index contributed by atoms with van der Waals surface area (Å²) in [6.45, 7) is -1.25. The summed E-state index contributed by atoms with van der Waals surface area (Å²) >= 11 is 0. The summed E-state index contributed by atoms with van der Waals surface area (Å²) < 4.78 is 147. The highest BCUT2D eigenvalue weighted by molar-refractivity contribution is 7.86. The third-order valence-electron chi connectivity index (χ3n) is 19.8. The monoisotopic (exact) mass is 2020 g/mol. The van der Waals surface area contributed by atoms with Crippen molar-refractivity contribution >= 4 is 94.1 Å². The second-order valence-corrected chi connectivity index (χ2v) is 33.8. The highest BCUT2D eigenvalue weighted by Gasteiger charge is 2.41. The number of carboxylic acids is 6. The van der Waals surface area contributed by atoms with Crippen LogP contribution < -0.4 is 18.9 Å². The number of nitrogens with zero attached hydrogens (tertiary/aromatic N) is 9. The molecule has 3 heterocycles. The van der Waals surface area contributed by atoms with Gasteiger partial charge in [-0.2, -0.15) is 25.3 Å². The van der Waals surface area contributed by atoms with E-state index >= 15 is 0 Å². The first-order chi connectivity index (χ1) is 63.4. The molecular formula is C85H101N9O40S4. The molecule has 138 heavy (non-hydrogen) atoms. The average molecular weight is 2020 g/mol. The lowest BCUT2D eigenvalue weighted by Gasteiger charge is -2.35. The molecule has 0 radical (unpaired) electrons. The van der Waals surface area contributed by atoms with E-state index in [1.807, 2.05) is 0 Å². The van der Waals surface area contributed by atoms with Gasteiger partial charge in [0, 0.05) is 103 Å². The van der Waals surface area contributed by atoms with Crippen molar-refractivity contribution in [2.75, 3.05) is 107 Å². The van der Waals surface area contributed by atoms with Crippen LogP contribution in [-0.2, 0) is 84.1 Å². The second kappa shape index (κ2) is 53.8. The molecule has 0 saturated carbocycles. The predicted octanol–water partition coefficient (Wildman–Crippen LogP) is 2.35. The number of hydrogen-bond acceptors (Lipinski definition) is 37. The van der Waals surface area contributed by atoms with Crippen molar-refractivity contribution in [3.05, 3.63) is 227 Å². The van der Waals surface area contributed by atoms with Gasteiger partial charge >= 0.3 is 46.4 Å². The first-order valence-electron chi connectivity index (χ1n) is 39.2. The lowest BCUT2D eigenvalue weighted by atomic mass is 9.99. The molecule has 6 aromatic carbocycles. The minimum atomic E-state index is -5.12. The largest absolute Gasteiger partial charge is 0.508 e. The zero-order valence-electron chi connectivity index (χ0n) is 74.0. The van der Waals surface area contributed by atoms with Crippen LogP contribution in [0.4, 0.5) is 0 Å². The third-order valence-corrected chi connectivity index (χ3v) is 22.3. The third kappa shape index (κ3) is 33.8. The fraction of sp³-hybridized carbons (Fsp3) is 0.294. The maximum Gasteiger partial charge on any atom is 0.425 e. The Morgan fingerprint density at radius 1 is 0.326 bits per heavy atom. The van der Waals surface area contributed by atoms with E-state index in [1.165, 1.54) is 123 Å². The molecule has 21 N–H and O–H groups in total. The first-order valence-corrected chi connectivity index (χ1v) is 44.5. The van der Waals surface area contributed by atoms with E-state index in [1.54, 1.807) is 66.7 Å². The molecular weight excluding hydrogens is 1920 g/mol. The smallest absolute Gasteiger partial charge is 0.425 e. The number of carboxylic acid groups (broad SMARTS) is 6. The maximum absolute atomic E-state index is 12.7. The SMILES string of the molecule is CC(=O)CN(CCN(CC(=O)O)C(c1ccccn1)c1ccccc1O)C(C(=O)O)c1cc(S(=O)(=O)O)ccc1O.COc1cc(C(C(=O)O)N(CCN(CC(=O)O)C(c2ccccn2)c2cc(OC)cc(S(=O)(=O)O)c2O)CC(C)=O)c(O)c(S(=O)(=O)O)c1.COc1ccc(O)c(C(C(=O)O)N(CCN(CC(=O)O)C(c2ccccn2)c2cc(OC)ccc2O)CC(C)=O)c1.O.O.O.O=S(=O)=O. The number of aliphatic carboxylic acids is 6. The first kappa shape index (κ1) is 118. The summed E-state index contributed by atoms with van der Waals surface area (Å²) in [6.07, 6.45) is 4.35. The number of phenols is 6. The minimum Gasteiger partial charge on any atom is -0.508 e. The van der Waals surface area contributed by atoms with Crippen LogP contribution in [0.2, 0.25) is 0 Å². The predicted molar refractivity (Wildman–Crippen MR) is 479 cm³/mol. The molecule has 0 aliphatic carbocycles. The van der Waals surface area contributed by atoms with Gasteiger partial charge in [0.1, 0.15) is 103 Å². The molecule has 750 valence electrons. The highest BCUT2D eigenvalue weighted by atomic mass is 32.2. The normalized spacial score (nSPS) is 12.5. The molecule has 9 aromatic rings. The molecule has 49 nitrogen and oxygen atoms in total. The van der Waals surface area contributed by atoms with Gasteiger partial charge in [-0.3, -0.25) is 101 Å². The number of aromatic hydroxyl groups is 6. The lowest BCUT2D eigenvalue weighted by molar-refractivity contribution is -0.145. The summed E-state index contributed by atoms with van der Waals surface area (Å²) in [7, 11) is -12.9. The van der Waals surface area contributed by atoms with E-state index in [4.69, 9.17) is 31.6 Å². The molecule has 0 aliphatic heterocycles. The Morgan fingerprint density at radius 3 is 0.913 bits per heavy atom. The Bertz CT molecular complexity index is 6220. The van der Waals surface area contributed by atoms with Crippen LogP contribution in [0.5, 0.6) is 57.5 Å². The van der Waals surface area contributed by atoms with Crippen molar-refractivity contribution < 1.29 is 191 Å². The second-order valence-electron chi connectivity index (χ2n) is 29.2. The molecule has 0 fully saturated rings. The Morgan fingerprint density at radius 2 is 0.601 bits per heavy atom. The number of phenolic OH excluding ortho intramolecular Hbond substituents is 6. The van der Waals surface area contributed by atoms with E-state index in [-0.39, 0.29) is 101 Å². The van der Waals surface area contributed by atoms with E-state index in [0.717, 1.165) is 65.1 Å². The number of hydrogen-bond donors (Lipinski definition) is 15. The zero-order valence-corrected chi connectivity index (χ0v) is 77.3. The minimum absolute atomic E-state index is 0. The number of pyridine rings is 3. The van der Waals surface area contributed by atoms with Crippen molar-refractivity contribution in [1.29, 1.82) is 0 Å². The van der Waals surface area contributed by atoms with E-state index in [0.29, 0.717) is 34.0 Å². The number of Topliss-reactive ketones (excluding diaryl/α,β-unsaturated/α-hetero) is 3. The molecule has 53 heteroatoms. The standard InChI is InChI=1S/C29H33N3O15S2.C29H33N3O9.C27H29N3O10S.O3S.3H2O/c1-16(33)14-31(26(29(38)39)20-11-18(47-3)13-23(28(20)37)49(43,44)45)8-9-32(15-24(34)35)25(21-6-4-5-7-30-21)19-10-17(46-2)12-22(27(19)36)48(40,41)42;1-18(33)16-31(28(29(38)39)22-15-20(41-3)8-10-25(22)35)12-13-32(17-26(36)37)27(23-6-4-5-11-30-23)21-14-19(40-2)7-9-24(21)34;1-17(31)15-29(26(27(36)37)20-14-18(41(38,39)40)9-10-23(20)33)12-13-30(16-24(34)35)25(21-7-4-5-11-28-21)19-6-2-3-8-22(19)32;1-4(2)3;;;/h4-7,10-13,25-26,36-37H,8-9,14-15H2,1-3H3,(H,34,35)(H,38,39)(H,40,41,42)(H,43,44,45);4-11,14-15,27-28,34-35H,12-13,16-17H2,1-3H3,(H,36,37)(H,38,39);2-11,14,25-26,32-33H,12-13,15-16H2,1H3,(H,34,35)(H,36,37)(H,38,39,40);;3*1H2. The zero-order chi connectivity index (χ0) is 101. The van der Waals surface area contributed by atoms with Gasteiger partial charge in [0.15, 0.2) is 0 Å². The number of carbonyl (C=O) groups excluding carboxylic acids is 3. The fourth-order valence-corrected chi connectivity index (χ4v) is 16.1. The number of aromatic nitrogens is 3. The van der Waals surface area contributed by atoms with Crippen LogP contribution in [0.1, 0.15) is 107 Å². The van der Waals surface area contributed by atoms with Crippen molar-refractivity contribution in [3.8, 4) is 57.5 Å². The van der Waals surface area contributed by atoms with E-state index in [9.17, 15) is 143 Å². The fourth-order valence-electron chi connectivity index (χ4n) is 14.3. The van der Waals surface area contributed by atoms with Crippen LogP contribution >= 0.6 is 0 Å². The topological polar surface area (TPSA) is 800 Å². The Labute approximate surface area is 788 Å².